The average Bonchev–Trinajstić information content (AvgIpc) is 2.92. The molecule has 0 saturated carbocycles. The van der Waals surface area contributed by atoms with E-state index in [-0.39, 0.29) is 5.75 Å². The van der Waals surface area contributed by atoms with Gasteiger partial charge in [-0.05, 0) is 67.3 Å². The number of nitrogens with one attached hydrogen (secondary N) is 1. The van der Waals surface area contributed by atoms with Crippen molar-refractivity contribution in [1.82, 2.24) is 10.3 Å². The molecule has 7 nitrogen and oxygen atoms in total. The molecule has 1 N–H and O–H groups in total. The van der Waals surface area contributed by atoms with Crippen molar-refractivity contribution in [3.63, 3.8) is 0 Å². The van der Waals surface area contributed by atoms with Gasteiger partial charge in [-0.2, -0.15) is 13.9 Å². The van der Waals surface area contributed by atoms with Crippen LogP contribution in [0.25, 0.3) is 0 Å². The smallest absolute Gasteiger partial charge is 0.387 e. The Morgan fingerprint density at radius 3 is 2.27 bits per heavy atom. The molecule has 3 rings (SSSR count). The number of carbonyl (C=O) groups is 2. The van der Waals surface area contributed by atoms with Crippen LogP contribution in [0.15, 0.2) is 41.5 Å². The zero-order valence-electron chi connectivity index (χ0n) is 16.9. The van der Waals surface area contributed by atoms with Gasteiger partial charge >= 0.3 is 12.6 Å². The van der Waals surface area contributed by atoms with Crippen molar-refractivity contribution in [3.8, 4) is 11.5 Å². The maximum Gasteiger partial charge on any atom is 0.387 e. The van der Waals surface area contributed by atoms with E-state index in [9.17, 15) is 18.4 Å². The molecule has 2 aromatic carbocycles. The van der Waals surface area contributed by atoms with Gasteiger partial charge in [-0.15, -0.1) is 5.01 Å². The Morgan fingerprint density at radius 1 is 1.13 bits per heavy atom. The molecule has 0 spiro atoms. The predicted octanol–water partition coefficient (Wildman–Crippen LogP) is 3.71. The molecule has 9 heteroatoms. The molecule has 1 atom stereocenters. The Hall–Kier alpha value is -3.49. The number of aryl methyl sites for hydroxylation is 2. The van der Waals surface area contributed by atoms with E-state index in [2.05, 4.69) is 15.2 Å². The molecule has 158 valence electrons. The number of hydrogen-bond donors (Lipinski definition) is 1. The van der Waals surface area contributed by atoms with E-state index in [1.165, 1.54) is 13.3 Å². The lowest BCUT2D eigenvalue weighted by Crippen LogP contribution is -2.40. The molecule has 1 saturated heterocycles. The summed E-state index contributed by atoms with van der Waals surface area (Å²) in [6.07, 6.45) is 1.32. The van der Waals surface area contributed by atoms with Gasteiger partial charge in [0.25, 0.3) is 5.91 Å². The molecular weight excluding hydrogens is 396 g/mol. The van der Waals surface area contributed by atoms with Crippen LogP contribution < -0.4 is 14.8 Å². The molecule has 30 heavy (non-hydrogen) atoms. The Balaban J connectivity index is 1.84. The summed E-state index contributed by atoms with van der Waals surface area (Å²) < 4.78 is 34.7. The number of urea groups is 1. The first-order chi connectivity index (χ1) is 14.2. The summed E-state index contributed by atoms with van der Waals surface area (Å²) in [6, 6.07) is 9.27. The van der Waals surface area contributed by atoms with Gasteiger partial charge < -0.3 is 14.8 Å². The van der Waals surface area contributed by atoms with Gasteiger partial charge in [-0.25, -0.2) is 4.79 Å². The van der Waals surface area contributed by atoms with Crippen molar-refractivity contribution in [1.29, 1.82) is 0 Å². The molecule has 0 radical (unpaired) electrons. The lowest BCUT2D eigenvalue weighted by Gasteiger charge is -2.21. The van der Waals surface area contributed by atoms with Gasteiger partial charge in [0.15, 0.2) is 0 Å². The van der Waals surface area contributed by atoms with Gasteiger partial charge in [-0.1, -0.05) is 12.1 Å². The molecule has 0 bridgehead atoms. The van der Waals surface area contributed by atoms with Crippen molar-refractivity contribution in [2.24, 2.45) is 5.10 Å². The summed E-state index contributed by atoms with van der Waals surface area (Å²) in [4.78, 5) is 25.3. The highest BCUT2D eigenvalue weighted by Gasteiger charge is 2.49. The van der Waals surface area contributed by atoms with Crippen molar-refractivity contribution < 1.29 is 27.8 Å². The minimum Gasteiger partial charge on any atom is -0.497 e. The van der Waals surface area contributed by atoms with Crippen LogP contribution in [0.3, 0.4) is 0 Å². The molecule has 1 aliphatic rings. The molecule has 0 aromatic heterocycles. The predicted molar refractivity (Wildman–Crippen MR) is 106 cm³/mol. The minimum absolute atomic E-state index is 0.0872. The molecule has 1 fully saturated rings. The summed E-state index contributed by atoms with van der Waals surface area (Å²) in [7, 11) is 1.53. The topological polar surface area (TPSA) is 80.2 Å². The maximum absolute atomic E-state index is 12.9. The van der Waals surface area contributed by atoms with Crippen molar-refractivity contribution >= 4 is 18.2 Å². The number of benzene rings is 2. The number of methoxy groups -OCH3 is 1. The van der Waals surface area contributed by atoms with Gasteiger partial charge in [0, 0.05) is 0 Å². The second-order valence-electron chi connectivity index (χ2n) is 7.01. The number of hydrogen-bond acceptors (Lipinski definition) is 5. The Kier molecular flexibility index (Phi) is 5.73. The first-order valence-corrected chi connectivity index (χ1v) is 9.07. The van der Waals surface area contributed by atoms with Crippen LogP contribution in [0.5, 0.6) is 11.5 Å². The van der Waals surface area contributed by atoms with E-state index in [1.807, 2.05) is 0 Å². The highest BCUT2D eigenvalue weighted by molar-refractivity contribution is 6.07. The summed E-state index contributed by atoms with van der Waals surface area (Å²) in [5.41, 5.74) is 0.806. The third-order valence-electron chi connectivity index (χ3n) is 4.85. The molecule has 3 amide bonds. The third-order valence-corrected chi connectivity index (χ3v) is 4.85. The first kappa shape index (κ1) is 21.2. The number of ether oxygens (including phenoxy) is 2. The Labute approximate surface area is 172 Å². The summed E-state index contributed by atoms with van der Waals surface area (Å²) >= 11 is 0. The number of nitrogens with zero attached hydrogens (tertiary/aromatic N) is 2. The third kappa shape index (κ3) is 3.96. The van der Waals surface area contributed by atoms with Crippen LogP contribution in [0, 0.1) is 13.8 Å². The number of amides is 3. The van der Waals surface area contributed by atoms with Gasteiger partial charge in [0.05, 0.1) is 13.3 Å². The number of rotatable bonds is 6. The van der Waals surface area contributed by atoms with E-state index < -0.39 is 24.1 Å². The summed E-state index contributed by atoms with van der Waals surface area (Å²) in [5, 5.41) is 7.42. The fourth-order valence-corrected chi connectivity index (χ4v) is 3.31. The van der Waals surface area contributed by atoms with Crippen LogP contribution in [0.2, 0.25) is 0 Å². The van der Waals surface area contributed by atoms with Crippen molar-refractivity contribution in [2.45, 2.75) is 32.9 Å². The average molecular weight is 417 g/mol. The fourth-order valence-electron chi connectivity index (χ4n) is 3.31. The van der Waals surface area contributed by atoms with Crippen LogP contribution in [-0.2, 0) is 10.3 Å². The second kappa shape index (κ2) is 8.10. The number of hydrazone groups is 1. The Morgan fingerprint density at radius 2 is 1.73 bits per heavy atom. The standard InChI is InChI=1S/C21H21F2N3O4/c1-12-9-14(10-13(2)17(12)30-19(22)23)11-24-26-18(27)21(3,25-20(26)28)15-5-7-16(29-4)8-6-15/h5-11,19H,1-4H3,(H,25,28)/b24-11-/t21-/m1/s1. The minimum atomic E-state index is -2.93. The zero-order valence-corrected chi connectivity index (χ0v) is 16.9. The van der Waals surface area contributed by atoms with E-state index in [1.54, 1.807) is 57.2 Å². The molecule has 1 heterocycles. The second-order valence-corrected chi connectivity index (χ2v) is 7.01. The fraction of sp³-hybridized carbons (Fsp3) is 0.286. The number of imide groups is 1. The molecule has 0 aliphatic carbocycles. The van der Waals surface area contributed by atoms with E-state index in [4.69, 9.17) is 4.74 Å². The highest BCUT2D eigenvalue weighted by Crippen LogP contribution is 2.30. The number of carbonyl (C=O) groups excluding carboxylic acids is 2. The zero-order chi connectivity index (χ0) is 22.1. The van der Waals surface area contributed by atoms with Crippen molar-refractivity contribution in [2.75, 3.05) is 7.11 Å². The highest BCUT2D eigenvalue weighted by atomic mass is 19.3. The van der Waals surface area contributed by atoms with Gasteiger partial charge in [0.1, 0.15) is 17.0 Å². The lowest BCUT2D eigenvalue weighted by molar-refractivity contribution is -0.131. The quantitative estimate of drug-likeness (QED) is 0.574. The normalized spacial score (nSPS) is 19.0. The molecule has 0 unspecified atom stereocenters. The van der Waals surface area contributed by atoms with Crippen LogP contribution in [0.4, 0.5) is 13.6 Å². The van der Waals surface area contributed by atoms with E-state index >= 15 is 0 Å². The number of halogens is 2. The van der Waals surface area contributed by atoms with Crippen molar-refractivity contribution in [3.05, 3.63) is 58.7 Å². The summed E-state index contributed by atoms with van der Waals surface area (Å²) in [5.74, 6) is 0.170. The molecule has 1 aliphatic heterocycles. The SMILES string of the molecule is COc1ccc([C@@]2(C)NC(=O)N(/N=C\c3cc(C)c(OC(F)F)c(C)c3)C2=O)cc1. The number of alkyl halides is 2. The molecular formula is C21H21F2N3O4. The van der Waals surface area contributed by atoms with Crippen LogP contribution >= 0.6 is 0 Å². The maximum atomic E-state index is 12.9. The lowest BCUT2D eigenvalue weighted by atomic mass is 9.92. The largest absolute Gasteiger partial charge is 0.497 e. The summed E-state index contributed by atoms with van der Waals surface area (Å²) in [6.45, 7) is 1.91. The van der Waals surface area contributed by atoms with Crippen LogP contribution in [-0.4, -0.2) is 36.9 Å². The van der Waals surface area contributed by atoms with Crippen LogP contribution in [0.1, 0.15) is 29.2 Å². The van der Waals surface area contributed by atoms with E-state index in [0.717, 1.165) is 5.01 Å². The first-order valence-electron chi connectivity index (χ1n) is 9.07. The van der Waals surface area contributed by atoms with Gasteiger partial charge in [0.2, 0.25) is 0 Å². The van der Waals surface area contributed by atoms with E-state index in [0.29, 0.717) is 28.0 Å². The van der Waals surface area contributed by atoms with Gasteiger partial charge in [-0.3, -0.25) is 4.79 Å². The molecule has 2 aromatic rings. The Bertz CT molecular complexity index is 985. The monoisotopic (exact) mass is 417 g/mol.